The number of aryl methyl sites for hydroxylation is 1. The Morgan fingerprint density at radius 2 is 2.05 bits per heavy atom. The van der Waals surface area contributed by atoms with E-state index >= 15 is 0 Å². The van der Waals surface area contributed by atoms with Gasteiger partial charge in [0.1, 0.15) is 0 Å². The maximum atomic E-state index is 10.6. The van der Waals surface area contributed by atoms with Crippen LogP contribution in [-0.4, -0.2) is 4.92 Å². The van der Waals surface area contributed by atoms with Gasteiger partial charge in [-0.2, -0.15) is 0 Å². The highest BCUT2D eigenvalue weighted by Gasteiger charge is 2.10. The monoisotopic (exact) mass is 308 g/mol. The Morgan fingerprint density at radius 1 is 1.30 bits per heavy atom. The standard InChI is InChI=1S/C14H13ClN2O2S/c1-9-2-5-14(13(16)6-9)20-8-10-3-4-11(17(18)19)7-12(10)15/h2-7H,8,16H2,1H3. The lowest BCUT2D eigenvalue weighted by Gasteiger charge is -2.07. The first-order valence-electron chi connectivity index (χ1n) is 5.89. The minimum absolute atomic E-state index is 0.00130. The number of hydrogen-bond acceptors (Lipinski definition) is 4. The zero-order chi connectivity index (χ0) is 14.7. The number of rotatable bonds is 4. The second kappa shape index (κ2) is 6.15. The number of nitro benzene ring substituents is 1. The summed E-state index contributed by atoms with van der Waals surface area (Å²) in [5, 5.41) is 11.0. The average molecular weight is 309 g/mol. The number of halogens is 1. The predicted octanol–water partition coefficient (Wildman–Crippen LogP) is 4.43. The van der Waals surface area contributed by atoms with Crippen LogP contribution in [-0.2, 0) is 5.75 Å². The van der Waals surface area contributed by atoms with Gasteiger partial charge in [-0.15, -0.1) is 11.8 Å². The summed E-state index contributed by atoms with van der Waals surface area (Å²) in [7, 11) is 0. The average Bonchev–Trinajstić information content (AvgIpc) is 2.38. The SMILES string of the molecule is Cc1ccc(SCc2ccc([N+](=O)[O-])cc2Cl)c(N)c1. The molecule has 20 heavy (non-hydrogen) atoms. The molecule has 0 fully saturated rings. The van der Waals surface area contributed by atoms with Crippen LogP contribution in [0.2, 0.25) is 5.02 Å². The molecular weight excluding hydrogens is 296 g/mol. The van der Waals surface area contributed by atoms with Crippen LogP contribution in [0.1, 0.15) is 11.1 Å². The maximum absolute atomic E-state index is 10.6. The Kier molecular flexibility index (Phi) is 4.52. The number of nitro groups is 1. The van der Waals surface area contributed by atoms with Crippen LogP contribution in [0.25, 0.3) is 0 Å². The topological polar surface area (TPSA) is 69.2 Å². The van der Waals surface area contributed by atoms with E-state index in [1.807, 2.05) is 25.1 Å². The first-order valence-corrected chi connectivity index (χ1v) is 7.25. The summed E-state index contributed by atoms with van der Waals surface area (Å²) in [4.78, 5) is 11.2. The second-order valence-corrected chi connectivity index (χ2v) is 5.79. The lowest BCUT2D eigenvalue weighted by molar-refractivity contribution is -0.384. The summed E-state index contributed by atoms with van der Waals surface area (Å²) in [6.45, 7) is 1.98. The highest BCUT2D eigenvalue weighted by molar-refractivity contribution is 7.98. The van der Waals surface area contributed by atoms with Gasteiger partial charge in [0.05, 0.1) is 9.95 Å². The fourth-order valence-electron chi connectivity index (χ4n) is 1.72. The number of benzene rings is 2. The van der Waals surface area contributed by atoms with Crippen molar-refractivity contribution in [3.05, 3.63) is 62.7 Å². The van der Waals surface area contributed by atoms with E-state index in [0.717, 1.165) is 21.7 Å². The molecule has 2 rings (SSSR count). The molecule has 0 bridgehead atoms. The van der Waals surface area contributed by atoms with E-state index in [-0.39, 0.29) is 5.69 Å². The van der Waals surface area contributed by atoms with E-state index in [9.17, 15) is 10.1 Å². The van der Waals surface area contributed by atoms with Crippen LogP contribution in [0.3, 0.4) is 0 Å². The number of nitrogens with two attached hydrogens (primary N) is 1. The van der Waals surface area contributed by atoms with Gasteiger partial charge in [-0.3, -0.25) is 10.1 Å². The largest absolute Gasteiger partial charge is 0.398 e. The van der Waals surface area contributed by atoms with Gasteiger partial charge in [-0.25, -0.2) is 0 Å². The molecule has 0 aromatic heterocycles. The summed E-state index contributed by atoms with van der Waals surface area (Å²) in [5.74, 6) is 0.615. The van der Waals surface area contributed by atoms with E-state index in [0.29, 0.717) is 10.8 Å². The molecule has 2 N–H and O–H groups in total. The van der Waals surface area contributed by atoms with Crippen molar-refractivity contribution in [1.29, 1.82) is 0 Å². The highest BCUT2D eigenvalue weighted by Crippen LogP contribution is 2.32. The molecule has 0 aliphatic rings. The van der Waals surface area contributed by atoms with E-state index in [4.69, 9.17) is 17.3 Å². The molecule has 0 unspecified atom stereocenters. The maximum Gasteiger partial charge on any atom is 0.270 e. The number of nitrogens with zero attached hydrogens (tertiary/aromatic N) is 1. The minimum atomic E-state index is -0.458. The lowest BCUT2D eigenvalue weighted by Crippen LogP contribution is -1.92. The highest BCUT2D eigenvalue weighted by atomic mass is 35.5. The van der Waals surface area contributed by atoms with Crippen molar-refractivity contribution in [2.45, 2.75) is 17.6 Å². The summed E-state index contributed by atoms with van der Waals surface area (Å²) in [6, 6.07) is 10.4. The molecule has 0 heterocycles. The number of thioether (sulfide) groups is 1. The molecule has 0 amide bonds. The summed E-state index contributed by atoms with van der Waals surface area (Å²) >= 11 is 7.61. The first-order chi connectivity index (χ1) is 9.47. The second-order valence-electron chi connectivity index (χ2n) is 4.36. The Hall–Kier alpha value is -1.72. The Bertz CT molecular complexity index is 662. The molecule has 104 valence electrons. The summed E-state index contributed by atoms with van der Waals surface area (Å²) in [5.41, 5.74) is 8.63. The number of anilines is 1. The van der Waals surface area contributed by atoms with Gasteiger partial charge in [0.2, 0.25) is 0 Å². The fourth-order valence-corrected chi connectivity index (χ4v) is 3.00. The molecule has 2 aromatic rings. The molecule has 0 aliphatic carbocycles. The molecule has 0 saturated heterocycles. The fraction of sp³-hybridized carbons (Fsp3) is 0.143. The molecule has 0 aliphatic heterocycles. The molecule has 2 aromatic carbocycles. The quantitative estimate of drug-likeness (QED) is 0.392. The Labute approximate surface area is 126 Å². The molecule has 0 atom stereocenters. The normalized spacial score (nSPS) is 10.5. The zero-order valence-corrected chi connectivity index (χ0v) is 12.4. The van der Waals surface area contributed by atoms with Crippen molar-refractivity contribution in [3.8, 4) is 0 Å². The third-order valence-electron chi connectivity index (χ3n) is 2.80. The van der Waals surface area contributed by atoms with Crippen molar-refractivity contribution in [1.82, 2.24) is 0 Å². The Morgan fingerprint density at radius 3 is 2.65 bits per heavy atom. The van der Waals surface area contributed by atoms with E-state index in [1.165, 1.54) is 12.1 Å². The van der Waals surface area contributed by atoms with E-state index in [1.54, 1.807) is 17.8 Å². The van der Waals surface area contributed by atoms with Crippen LogP contribution in [0.15, 0.2) is 41.3 Å². The van der Waals surface area contributed by atoms with Gasteiger partial charge in [-0.05, 0) is 36.2 Å². The van der Waals surface area contributed by atoms with Gasteiger partial charge in [0, 0.05) is 28.5 Å². The van der Waals surface area contributed by atoms with Gasteiger partial charge in [-0.1, -0.05) is 17.7 Å². The van der Waals surface area contributed by atoms with Gasteiger partial charge >= 0.3 is 0 Å². The molecule has 0 saturated carbocycles. The van der Waals surface area contributed by atoms with Crippen molar-refractivity contribution in [2.75, 3.05) is 5.73 Å². The predicted molar refractivity (Wildman–Crippen MR) is 83.3 cm³/mol. The molecular formula is C14H13ClN2O2S. The lowest BCUT2D eigenvalue weighted by atomic mass is 10.2. The van der Waals surface area contributed by atoms with Crippen molar-refractivity contribution in [3.63, 3.8) is 0 Å². The smallest absolute Gasteiger partial charge is 0.270 e. The Balaban J connectivity index is 2.13. The van der Waals surface area contributed by atoms with Crippen molar-refractivity contribution >= 4 is 34.7 Å². The number of non-ortho nitro benzene ring substituents is 1. The van der Waals surface area contributed by atoms with Crippen LogP contribution >= 0.6 is 23.4 Å². The molecule has 0 radical (unpaired) electrons. The van der Waals surface area contributed by atoms with Gasteiger partial charge in [0.15, 0.2) is 0 Å². The van der Waals surface area contributed by atoms with Crippen molar-refractivity contribution in [2.24, 2.45) is 0 Å². The van der Waals surface area contributed by atoms with Gasteiger partial charge < -0.3 is 5.73 Å². The first kappa shape index (κ1) is 14.7. The van der Waals surface area contributed by atoms with E-state index < -0.39 is 4.92 Å². The summed E-state index contributed by atoms with van der Waals surface area (Å²) in [6.07, 6.45) is 0. The van der Waals surface area contributed by atoms with Crippen LogP contribution in [0, 0.1) is 17.0 Å². The van der Waals surface area contributed by atoms with Crippen molar-refractivity contribution < 1.29 is 4.92 Å². The van der Waals surface area contributed by atoms with Crippen LogP contribution < -0.4 is 5.73 Å². The zero-order valence-electron chi connectivity index (χ0n) is 10.8. The molecule has 4 nitrogen and oxygen atoms in total. The minimum Gasteiger partial charge on any atom is -0.398 e. The third-order valence-corrected chi connectivity index (χ3v) is 4.29. The number of hydrogen-bond donors (Lipinski definition) is 1. The van der Waals surface area contributed by atoms with Gasteiger partial charge in [0.25, 0.3) is 5.69 Å². The third kappa shape index (κ3) is 3.43. The van der Waals surface area contributed by atoms with Crippen LogP contribution in [0.4, 0.5) is 11.4 Å². The summed E-state index contributed by atoms with van der Waals surface area (Å²) < 4.78 is 0. The number of nitrogen functional groups attached to an aromatic ring is 1. The van der Waals surface area contributed by atoms with Crippen LogP contribution in [0.5, 0.6) is 0 Å². The molecule has 6 heteroatoms. The van der Waals surface area contributed by atoms with E-state index in [2.05, 4.69) is 0 Å². The molecule has 0 spiro atoms.